The van der Waals surface area contributed by atoms with Gasteiger partial charge in [-0.25, -0.2) is 4.98 Å². The molecule has 3 rings (SSSR count). The molecule has 1 aromatic heterocycles. The minimum Gasteiger partial charge on any atom is -0.391 e. The molecule has 120 valence electrons. The highest BCUT2D eigenvalue weighted by atomic mass is 35.5. The Kier molecular flexibility index (Phi) is 6.35. The van der Waals surface area contributed by atoms with E-state index in [9.17, 15) is 5.11 Å². The van der Waals surface area contributed by atoms with E-state index in [1.807, 2.05) is 6.20 Å². The van der Waals surface area contributed by atoms with Crippen LogP contribution in [0.1, 0.15) is 10.4 Å². The highest BCUT2D eigenvalue weighted by Gasteiger charge is 2.24. The van der Waals surface area contributed by atoms with Crippen LogP contribution in [0.2, 0.25) is 0 Å². The number of aryl methyl sites for hydroxylation is 1. The van der Waals surface area contributed by atoms with Crippen molar-refractivity contribution in [1.29, 1.82) is 0 Å². The third-order valence-electron chi connectivity index (χ3n) is 3.86. The zero-order valence-electron chi connectivity index (χ0n) is 12.6. The Morgan fingerprint density at radius 3 is 2.77 bits per heavy atom. The van der Waals surface area contributed by atoms with Crippen molar-refractivity contribution in [3.8, 4) is 10.6 Å². The second-order valence-corrected chi connectivity index (χ2v) is 6.73. The number of aliphatic hydroxyl groups excluding tert-OH is 1. The third-order valence-corrected chi connectivity index (χ3v) is 4.91. The van der Waals surface area contributed by atoms with Gasteiger partial charge in [-0.3, -0.25) is 0 Å². The maximum Gasteiger partial charge on any atom is 0.123 e. The van der Waals surface area contributed by atoms with Crippen molar-refractivity contribution in [3.05, 3.63) is 40.9 Å². The minimum absolute atomic E-state index is 0. The number of hydrogen-bond donors (Lipinski definition) is 3. The molecule has 0 radical (unpaired) electrons. The lowest BCUT2D eigenvalue weighted by atomic mass is 10.1. The zero-order chi connectivity index (χ0) is 14.7. The van der Waals surface area contributed by atoms with Crippen molar-refractivity contribution in [2.24, 2.45) is 5.92 Å². The van der Waals surface area contributed by atoms with Crippen LogP contribution < -0.4 is 10.6 Å². The Morgan fingerprint density at radius 2 is 2.09 bits per heavy atom. The fourth-order valence-electron chi connectivity index (χ4n) is 2.53. The van der Waals surface area contributed by atoms with Gasteiger partial charge in [-0.15, -0.1) is 23.7 Å². The van der Waals surface area contributed by atoms with Crippen LogP contribution in [0.4, 0.5) is 0 Å². The fraction of sp³-hybridized carbons (Fsp3) is 0.438. The number of nitrogens with one attached hydrogen (secondary N) is 2. The normalized spacial score (nSPS) is 20.8. The molecule has 2 aromatic rings. The van der Waals surface area contributed by atoms with E-state index in [4.69, 9.17) is 0 Å². The van der Waals surface area contributed by atoms with Gasteiger partial charge in [0.05, 0.1) is 6.10 Å². The highest BCUT2D eigenvalue weighted by Crippen LogP contribution is 2.25. The minimum atomic E-state index is -0.220. The standard InChI is InChI=1S/C16H21N3OS.ClH/c1-11-2-4-12(5-3-11)16-19-9-14(21-16)8-17-6-13-7-18-10-15(13)20;/h2-5,9,13,15,17-18,20H,6-8,10H2,1H3;1H. The molecule has 0 saturated carbocycles. The van der Waals surface area contributed by atoms with Crippen LogP contribution in [0.25, 0.3) is 10.6 Å². The number of halogens is 1. The van der Waals surface area contributed by atoms with Gasteiger partial charge in [-0.1, -0.05) is 29.8 Å². The van der Waals surface area contributed by atoms with Crippen molar-refractivity contribution >= 4 is 23.7 Å². The Balaban J connectivity index is 0.00000176. The van der Waals surface area contributed by atoms with Crippen LogP contribution >= 0.6 is 23.7 Å². The van der Waals surface area contributed by atoms with Crippen LogP contribution in [0, 0.1) is 12.8 Å². The molecule has 2 unspecified atom stereocenters. The predicted molar refractivity (Wildman–Crippen MR) is 93.6 cm³/mol. The van der Waals surface area contributed by atoms with E-state index in [0.29, 0.717) is 12.5 Å². The van der Waals surface area contributed by atoms with E-state index in [-0.39, 0.29) is 18.5 Å². The SMILES string of the molecule is Cc1ccc(-c2ncc(CNCC3CNCC3O)s2)cc1.Cl. The molecule has 0 bridgehead atoms. The average molecular weight is 340 g/mol. The highest BCUT2D eigenvalue weighted by molar-refractivity contribution is 7.15. The summed E-state index contributed by atoms with van der Waals surface area (Å²) in [5.41, 5.74) is 2.44. The molecule has 3 N–H and O–H groups in total. The van der Waals surface area contributed by atoms with E-state index in [1.165, 1.54) is 16.0 Å². The van der Waals surface area contributed by atoms with Crippen LogP contribution in [-0.4, -0.2) is 35.8 Å². The summed E-state index contributed by atoms with van der Waals surface area (Å²) in [4.78, 5) is 5.73. The van der Waals surface area contributed by atoms with Crippen molar-refractivity contribution in [2.75, 3.05) is 19.6 Å². The van der Waals surface area contributed by atoms with Gasteiger partial charge in [-0.05, 0) is 6.92 Å². The molecule has 2 heterocycles. The molecule has 22 heavy (non-hydrogen) atoms. The van der Waals surface area contributed by atoms with Crippen molar-refractivity contribution in [2.45, 2.75) is 19.6 Å². The lowest BCUT2D eigenvalue weighted by molar-refractivity contribution is 0.146. The first-order valence-corrected chi connectivity index (χ1v) is 8.15. The summed E-state index contributed by atoms with van der Waals surface area (Å²) in [7, 11) is 0. The molecule has 1 saturated heterocycles. The molecule has 6 heteroatoms. The number of thiazole rings is 1. The van der Waals surface area contributed by atoms with Crippen LogP contribution in [0.5, 0.6) is 0 Å². The summed E-state index contributed by atoms with van der Waals surface area (Å²) < 4.78 is 0. The first-order valence-electron chi connectivity index (χ1n) is 7.33. The topological polar surface area (TPSA) is 57.2 Å². The molecule has 1 aliphatic heterocycles. The zero-order valence-corrected chi connectivity index (χ0v) is 14.2. The van der Waals surface area contributed by atoms with Gasteiger partial charge in [0, 0.05) is 48.7 Å². The second-order valence-electron chi connectivity index (χ2n) is 5.61. The van der Waals surface area contributed by atoms with E-state index in [2.05, 4.69) is 46.8 Å². The molecule has 1 fully saturated rings. The van der Waals surface area contributed by atoms with Crippen LogP contribution in [0.15, 0.2) is 30.5 Å². The van der Waals surface area contributed by atoms with Gasteiger partial charge in [-0.2, -0.15) is 0 Å². The van der Waals surface area contributed by atoms with E-state index in [1.54, 1.807) is 11.3 Å². The van der Waals surface area contributed by atoms with E-state index < -0.39 is 0 Å². The number of aromatic nitrogens is 1. The Bertz CT molecular complexity index is 587. The quantitative estimate of drug-likeness (QED) is 0.781. The molecular weight excluding hydrogens is 318 g/mol. The summed E-state index contributed by atoms with van der Waals surface area (Å²) in [6.45, 7) is 5.35. The number of hydrogen-bond acceptors (Lipinski definition) is 5. The molecule has 0 aliphatic carbocycles. The fourth-order valence-corrected chi connectivity index (χ4v) is 3.41. The van der Waals surface area contributed by atoms with Gasteiger partial charge < -0.3 is 15.7 Å². The Morgan fingerprint density at radius 1 is 1.32 bits per heavy atom. The largest absolute Gasteiger partial charge is 0.391 e. The van der Waals surface area contributed by atoms with Crippen LogP contribution in [-0.2, 0) is 6.54 Å². The number of β-amino-alcohol motifs (C(OH)–C–C–N with tert-alkyl or cyclic N) is 1. The smallest absolute Gasteiger partial charge is 0.123 e. The van der Waals surface area contributed by atoms with Gasteiger partial charge in [0.25, 0.3) is 0 Å². The first-order chi connectivity index (χ1) is 10.2. The Hall–Kier alpha value is -0.980. The number of rotatable bonds is 5. The average Bonchev–Trinajstić information content (AvgIpc) is 3.10. The second kappa shape index (κ2) is 8.04. The van der Waals surface area contributed by atoms with Crippen molar-refractivity contribution in [3.63, 3.8) is 0 Å². The maximum absolute atomic E-state index is 9.75. The van der Waals surface area contributed by atoms with Crippen LogP contribution in [0.3, 0.4) is 0 Å². The van der Waals surface area contributed by atoms with Gasteiger partial charge in [0.2, 0.25) is 0 Å². The predicted octanol–water partition coefficient (Wildman–Crippen LogP) is 2.21. The molecular formula is C16H22ClN3OS. The summed E-state index contributed by atoms with van der Waals surface area (Å²) >= 11 is 1.72. The summed E-state index contributed by atoms with van der Waals surface area (Å²) in [6.07, 6.45) is 1.72. The van der Waals surface area contributed by atoms with Crippen molar-refractivity contribution < 1.29 is 5.11 Å². The van der Waals surface area contributed by atoms with E-state index in [0.717, 1.165) is 24.6 Å². The number of aliphatic hydroxyl groups is 1. The molecule has 1 aromatic carbocycles. The summed E-state index contributed by atoms with van der Waals surface area (Å²) in [6, 6.07) is 8.46. The lowest BCUT2D eigenvalue weighted by Gasteiger charge is -2.13. The van der Waals surface area contributed by atoms with Gasteiger partial charge in [0.1, 0.15) is 5.01 Å². The number of nitrogens with zero attached hydrogens (tertiary/aromatic N) is 1. The van der Waals surface area contributed by atoms with Crippen molar-refractivity contribution in [1.82, 2.24) is 15.6 Å². The summed E-state index contributed by atoms with van der Waals surface area (Å²) in [5, 5.41) is 17.4. The Labute approximate surface area is 141 Å². The van der Waals surface area contributed by atoms with E-state index >= 15 is 0 Å². The molecule has 2 atom stereocenters. The molecule has 0 spiro atoms. The van der Waals surface area contributed by atoms with Gasteiger partial charge in [0.15, 0.2) is 0 Å². The third kappa shape index (κ3) is 4.27. The monoisotopic (exact) mass is 339 g/mol. The molecule has 1 aliphatic rings. The molecule has 0 amide bonds. The summed E-state index contributed by atoms with van der Waals surface area (Å²) in [5.74, 6) is 0.314. The van der Waals surface area contributed by atoms with Gasteiger partial charge >= 0.3 is 0 Å². The molecule has 4 nitrogen and oxygen atoms in total. The number of benzene rings is 1. The lowest BCUT2D eigenvalue weighted by Crippen LogP contribution is -2.29. The first kappa shape index (κ1) is 17.4. The maximum atomic E-state index is 9.75.